The first-order valence-corrected chi connectivity index (χ1v) is 11.0. The molecule has 1 atom stereocenters. The van der Waals surface area contributed by atoms with Crippen molar-refractivity contribution in [3.05, 3.63) is 72.4 Å². The summed E-state index contributed by atoms with van der Waals surface area (Å²) >= 11 is 0. The molecule has 6 nitrogen and oxygen atoms in total. The average Bonchev–Trinajstić information content (AvgIpc) is 3.45. The summed E-state index contributed by atoms with van der Waals surface area (Å²) in [6, 6.07) is 13.8. The fraction of sp³-hybridized carbons (Fsp3) is 0.346. The second-order valence-electron chi connectivity index (χ2n) is 8.08. The highest BCUT2D eigenvalue weighted by Gasteiger charge is 2.26. The number of carbonyl (C=O) groups excluding carboxylic acids is 1. The zero-order valence-electron chi connectivity index (χ0n) is 18.8. The van der Waals surface area contributed by atoms with Gasteiger partial charge in [-0.2, -0.15) is 0 Å². The number of carbonyl (C=O) groups is 1. The Kier molecular flexibility index (Phi) is 6.81. The standard InChI is InChI=1S/C26H30N2O4/c1-4-13-32-24-12-11-19(15-25(24)30-3)16-28(17-20-8-7-14-31-20)26(29)22-18-27(2)23-10-6-5-9-21(22)23/h4-6,9-12,15,18,20H,1,7-8,13-14,16-17H2,2-3H3. The van der Waals surface area contributed by atoms with Crippen LogP contribution in [0, 0.1) is 0 Å². The van der Waals surface area contributed by atoms with Gasteiger partial charge in [0.1, 0.15) is 6.61 Å². The molecule has 1 aromatic heterocycles. The SMILES string of the molecule is C=CCOc1ccc(CN(CC2CCCO2)C(=O)c2cn(C)c3ccccc23)cc1OC. The number of methoxy groups -OCH3 is 1. The van der Waals surface area contributed by atoms with Gasteiger partial charge in [0.2, 0.25) is 0 Å². The Morgan fingerprint density at radius 1 is 1.28 bits per heavy atom. The number of aromatic nitrogens is 1. The van der Waals surface area contributed by atoms with E-state index in [1.165, 1.54) is 0 Å². The molecule has 6 heteroatoms. The molecule has 168 valence electrons. The van der Waals surface area contributed by atoms with Crippen LogP contribution in [0.2, 0.25) is 0 Å². The monoisotopic (exact) mass is 434 g/mol. The minimum atomic E-state index is 0.00301. The van der Waals surface area contributed by atoms with E-state index in [0.717, 1.165) is 35.9 Å². The summed E-state index contributed by atoms with van der Waals surface area (Å²) in [5.41, 5.74) is 2.72. The van der Waals surface area contributed by atoms with Crippen molar-refractivity contribution in [2.75, 3.05) is 26.9 Å². The minimum Gasteiger partial charge on any atom is -0.493 e. The average molecular weight is 435 g/mol. The summed E-state index contributed by atoms with van der Waals surface area (Å²) in [4.78, 5) is 15.6. The molecule has 3 aromatic rings. The van der Waals surface area contributed by atoms with E-state index in [9.17, 15) is 4.79 Å². The molecule has 1 aliphatic heterocycles. The predicted octanol–water partition coefficient (Wildman–Crippen LogP) is 4.57. The Labute approximate surface area is 189 Å². The highest BCUT2D eigenvalue weighted by molar-refractivity contribution is 6.07. The van der Waals surface area contributed by atoms with E-state index in [1.807, 2.05) is 65.2 Å². The number of hydrogen-bond donors (Lipinski definition) is 0. The molecule has 0 saturated carbocycles. The fourth-order valence-corrected chi connectivity index (χ4v) is 4.23. The molecule has 4 rings (SSSR count). The van der Waals surface area contributed by atoms with E-state index in [1.54, 1.807) is 13.2 Å². The van der Waals surface area contributed by atoms with Gasteiger partial charge in [0.15, 0.2) is 11.5 Å². The smallest absolute Gasteiger partial charge is 0.256 e. The van der Waals surface area contributed by atoms with Gasteiger partial charge in [-0.15, -0.1) is 0 Å². The van der Waals surface area contributed by atoms with Gasteiger partial charge >= 0.3 is 0 Å². The maximum atomic E-state index is 13.7. The molecular weight excluding hydrogens is 404 g/mol. The van der Waals surface area contributed by atoms with Gasteiger partial charge in [0.05, 0.1) is 18.8 Å². The first kappa shape index (κ1) is 22.0. The Balaban J connectivity index is 1.63. The molecule has 1 unspecified atom stereocenters. The highest BCUT2D eigenvalue weighted by atomic mass is 16.5. The lowest BCUT2D eigenvalue weighted by Gasteiger charge is -2.26. The zero-order valence-corrected chi connectivity index (χ0v) is 18.8. The molecule has 0 spiro atoms. The lowest BCUT2D eigenvalue weighted by atomic mass is 10.1. The number of rotatable bonds is 9. The second-order valence-corrected chi connectivity index (χ2v) is 8.08. The zero-order chi connectivity index (χ0) is 22.5. The van der Waals surface area contributed by atoms with Crippen LogP contribution in [0.4, 0.5) is 0 Å². The number of nitrogens with zero attached hydrogens (tertiary/aromatic N) is 2. The van der Waals surface area contributed by atoms with Crippen molar-refractivity contribution >= 4 is 16.8 Å². The molecule has 0 radical (unpaired) electrons. The van der Waals surface area contributed by atoms with Crippen LogP contribution in [0.15, 0.2) is 61.3 Å². The van der Waals surface area contributed by atoms with Crippen LogP contribution in [-0.2, 0) is 18.3 Å². The van der Waals surface area contributed by atoms with Gasteiger partial charge in [-0.25, -0.2) is 0 Å². The molecule has 0 bridgehead atoms. The predicted molar refractivity (Wildman–Crippen MR) is 125 cm³/mol. The van der Waals surface area contributed by atoms with E-state index in [4.69, 9.17) is 14.2 Å². The maximum Gasteiger partial charge on any atom is 0.256 e. The number of fused-ring (bicyclic) bond motifs is 1. The summed E-state index contributed by atoms with van der Waals surface area (Å²) in [6.45, 7) is 5.86. The highest BCUT2D eigenvalue weighted by Crippen LogP contribution is 2.30. The van der Waals surface area contributed by atoms with Crippen LogP contribution in [0.5, 0.6) is 11.5 Å². The first-order valence-electron chi connectivity index (χ1n) is 11.0. The Morgan fingerprint density at radius 2 is 2.12 bits per heavy atom. The molecule has 2 aromatic carbocycles. The third-order valence-corrected chi connectivity index (χ3v) is 5.82. The molecule has 0 aliphatic carbocycles. The number of benzene rings is 2. The summed E-state index contributed by atoms with van der Waals surface area (Å²) in [5.74, 6) is 1.30. The van der Waals surface area contributed by atoms with Crippen molar-refractivity contribution in [2.24, 2.45) is 7.05 Å². The van der Waals surface area contributed by atoms with Crippen LogP contribution in [-0.4, -0.2) is 48.3 Å². The number of aryl methyl sites for hydroxylation is 1. The molecule has 1 amide bonds. The minimum absolute atomic E-state index is 0.00301. The van der Waals surface area contributed by atoms with Gasteiger partial charge in [0.25, 0.3) is 5.91 Å². The molecule has 0 N–H and O–H groups in total. The molecule has 32 heavy (non-hydrogen) atoms. The van der Waals surface area contributed by atoms with Gasteiger partial charge < -0.3 is 23.7 Å². The van der Waals surface area contributed by atoms with Gasteiger partial charge in [-0.05, 0) is 36.6 Å². The van der Waals surface area contributed by atoms with Crippen molar-refractivity contribution in [2.45, 2.75) is 25.5 Å². The van der Waals surface area contributed by atoms with Crippen LogP contribution in [0.25, 0.3) is 10.9 Å². The van der Waals surface area contributed by atoms with Crippen molar-refractivity contribution in [1.82, 2.24) is 9.47 Å². The van der Waals surface area contributed by atoms with E-state index in [-0.39, 0.29) is 12.0 Å². The number of amides is 1. The van der Waals surface area contributed by atoms with E-state index < -0.39 is 0 Å². The van der Waals surface area contributed by atoms with Crippen LogP contribution >= 0.6 is 0 Å². The number of para-hydroxylation sites is 1. The maximum absolute atomic E-state index is 13.7. The third-order valence-electron chi connectivity index (χ3n) is 5.82. The molecule has 1 saturated heterocycles. The van der Waals surface area contributed by atoms with Crippen LogP contribution < -0.4 is 9.47 Å². The Bertz CT molecular complexity index is 1100. The fourth-order valence-electron chi connectivity index (χ4n) is 4.23. The molecule has 2 heterocycles. The second kappa shape index (κ2) is 9.92. The normalized spacial score (nSPS) is 15.6. The van der Waals surface area contributed by atoms with Gasteiger partial charge in [0, 0.05) is 43.8 Å². The third kappa shape index (κ3) is 4.65. The summed E-state index contributed by atoms with van der Waals surface area (Å²) in [6.07, 6.45) is 5.68. The first-order chi connectivity index (χ1) is 15.6. The van der Waals surface area contributed by atoms with Crippen molar-refractivity contribution in [3.63, 3.8) is 0 Å². The van der Waals surface area contributed by atoms with Crippen molar-refractivity contribution in [3.8, 4) is 11.5 Å². The summed E-state index contributed by atoms with van der Waals surface area (Å²) in [7, 11) is 3.58. The quantitative estimate of drug-likeness (QED) is 0.463. The molecule has 1 fully saturated rings. The van der Waals surface area contributed by atoms with E-state index in [2.05, 4.69) is 6.58 Å². The summed E-state index contributed by atoms with van der Waals surface area (Å²) < 4.78 is 19.0. The van der Waals surface area contributed by atoms with E-state index >= 15 is 0 Å². The van der Waals surface area contributed by atoms with Gasteiger partial charge in [-0.3, -0.25) is 4.79 Å². The molecule has 1 aliphatic rings. The number of hydrogen-bond acceptors (Lipinski definition) is 4. The van der Waals surface area contributed by atoms with Crippen molar-refractivity contribution < 1.29 is 19.0 Å². The number of ether oxygens (including phenoxy) is 3. The summed E-state index contributed by atoms with van der Waals surface area (Å²) in [5, 5.41) is 0.961. The Morgan fingerprint density at radius 3 is 2.88 bits per heavy atom. The van der Waals surface area contributed by atoms with Crippen LogP contribution in [0.3, 0.4) is 0 Å². The van der Waals surface area contributed by atoms with Crippen molar-refractivity contribution in [1.29, 1.82) is 0 Å². The van der Waals surface area contributed by atoms with Crippen LogP contribution in [0.1, 0.15) is 28.8 Å². The topological polar surface area (TPSA) is 52.9 Å². The largest absolute Gasteiger partial charge is 0.493 e. The van der Waals surface area contributed by atoms with E-state index in [0.29, 0.717) is 36.8 Å². The van der Waals surface area contributed by atoms with Gasteiger partial charge in [-0.1, -0.05) is 36.9 Å². The lowest BCUT2D eigenvalue weighted by molar-refractivity contribution is 0.0508. The molecular formula is C26H30N2O4. The lowest BCUT2D eigenvalue weighted by Crippen LogP contribution is -2.37. The Hall–Kier alpha value is -3.25.